The average molecular weight is 313 g/mol. The summed E-state index contributed by atoms with van der Waals surface area (Å²) in [7, 11) is 0. The van der Waals surface area contributed by atoms with Gasteiger partial charge in [-0.05, 0) is 43.7 Å². The third-order valence-electron chi connectivity index (χ3n) is 4.88. The van der Waals surface area contributed by atoms with E-state index >= 15 is 0 Å². The van der Waals surface area contributed by atoms with Crippen molar-refractivity contribution >= 4 is 5.65 Å². The molecule has 1 atom stereocenters. The molecule has 3 heterocycles. The molecule has 4 rings (SSSR count). The van der Waals surface area contributed by atoms with Crippen molar-refractivity contribution in [3.8, 4) is 0 Å². The van der Waals surface area contributed by atoms with Crippen molar-refractivity contribution in [3.05, 3.63) is 46.0 Å². The Morgan fingerprint density at radius 2 is 2.26 bits per heavy atom. The number of rotatable bonds is 5. The molecule has 0 spiro atoms. The molecule has 122 valence electrons. The van der Waals surface area contributed by atoms with E-state index in [4.69, 9.17) is 9.72 Å². The number of fused-ring (bicyclic) bond motifs is 1. The van der Waals surface area contributed by atoms with Gasteiger partial charge in [-0.1, -0.05) is 6.07 Å². The van der Waals surface area contributed by atoms with Crippen molar-refractivity contribution < 1.29 is 4.74 Å². The van der Waals surface area contributed by atoms with Crippen LogP contribution in [-0.4, -0.2) is 40.1 Å². The highest BCUT2D eigenvalue weighted by Gasteiger charge is 2.31. The van der Waals surface area contributed by atoms with Crippen molar-refractivity contribution in [2.45, 2.75) is 38.8 Å². The number of hydrogen-bond acceptors (Lipinski definition) is 4. The molecular formula is C18H23N3O2. The lowest BCUT2D eigenvalue weighted by Crippen LogP contribution is -2.32. The van der Waals surface area contributed by atoms with E-state index in [0.29, 0.717) is 12.0 Å². The third kappa shape index (κ3) is 3.16. The van der Waals surface area contributed by atoms with Crippen molar-refractivity contribution in [1.82, 2.24) is 14.3 Å². The fraction of sp³-hybridized carbons (Fsp3) is 0.556. The van der Waals surface area contributed by atoms with Crippen LogP contribution in [-0.2, 0) is 11.3 Å². The van der Waals surface area contributed by atoms with Crippen molar-refractivity contribution in [2.24, 2.45) is 5.92 Å². The van der Waals surface area contributed by atoms with Gasteiger partial charge in [0.25, 0.3) is 5.56 Å². The van der Waals surface area contributed by atoms with Gasteiger partial charge in [-0.3, -0.25) is 14.1 Å². The maximum absolute atomic E-state index is 12.3. The highest BCUT2D eigenvalue weighted by atomic mass is 16.5. The predicted octanol–water partition coefficient (Wildman–Crippen LogP) is 2.00. The maximum atomic E-state index is 12.3. The van der Waals surface area contributed by atoms with Gasteiger partial charge in [0.1, 0.15) is 5.65 Å². The Balaban J connectivity index is 1.60. The summed E-state index contributed by atoms with van der Waals surface area (Å²) in [4.78, 5) is 19.6. The molecule has 1 unspecified atom stereocenters. The predicted molar refractivity (Wildman–Crippen MR) is 88.6 cm³/mol. The Morgan fingerprint density at radius 1 is 1.39 bits per heavy atom. The molecule has 5 heteroatoms. The van der Waals surface area contributed by atoms with E-state index in [1.54, 1.807) is 16.7 Å². The van der Waals surface area contributed by atoms with Crippen LogP contribution in [0, 0.1) is 12.8 Å². The lowest BCUT2D eigenvalue weighted by Gasteiger charge is -2.24. The zero-order chi connectivity index (χ0) is 15.8. The molecule has 1 saturated heterocycles. The highest BCUT2D eigenvalue weighted by molar-refractivity contribution is 5.46. The number of aromatic nitrogens is 2. The summed E-state index contributed by atoms with van der Waals surface area (Å²) in [5.41, 5.74) is 2.70. The smallest absolute Gasteiger partial charge is 0.258 e. The lowest BCUT2D eigenvalue weighted by molar-refractivity contribution is 0.161. The van der Waals surface area contributed by atoms with Crippen molar-refractivity contribution in [2.75, 3.05) is 19.8 Å². The van der Waals surface area contributed by atoms with E-state index in [2.05, 4.69) is 4.90 Å². The Morgan fingerprint density at radius 3 is 3.00 bits per heavy atom. The van der Waals surface area contributed by atoms with Gasteiger partial charge in [0, 0.05) is 38.0 Å². The molecule has 1 aliphatic heterocycles. The van der Waals surface area contributed by atoms with E-state index in [1.165, 1.54) is 12.8 Å². The number of ether oxygens (including phenoxy) is 1. The standard InChI is InChI=1S/C18H23N3O2/c1-13-3-2-7-21-17(22)9-15(19-18(13)21)11-20(16-4-5-16)10-14-6-8-23-12-14/h2-3,7,9,14,16H,4-6,8,10-12H2,1H3. The molecule has 2 aromatic rings. The minimum absolute atomic E-state index is 0.00801. The van der Waals surface area contributed by atoms with E-state index in [0.717, 1.165) is 49.6 Å². The zero-order valence-electron chi connectivity index (χ0n) is 13.6. The lowest BCUT2D eigenvalue weighted by atomic mass is 10.1. The topological polar surface area (TPSA) is 46.8 Å². The number of hydrogen-bond donors (Lipinski definition) is 0. The Kier molecular flexibility index (Phi) is 3.91. The summed E-state index contributed by atoms with van der Waals surface area (Å²) >= 11 is 0. The summed E-state index contributed by atoms with van der Waals surface area (Å²) in [6.07, 6.45) is 5.46. The van der Waals surface area contributed by atoms with Crippen LogP contribution < -0.4 is 5.56 Å². The van der Waals surface area contributed by atoms with Gasteiger partial charge in [-0.25, -0.2) is 4.98 Å². The summed E-state index contributed by atoms with van der Waals surface area (Å²) in [5, 5.41) is 0. The van der Waals surface area contributed by atoms with Crippen LogP contribution >= 0.6 is 0 Å². The van der Waals surface area contributed by atoms with E-state index in [1.807, 2.05) is 19.1 Å². The molecular weight excluding hydrogens is 290 g/mol. The quantitative estimate of drug-likeness (QED) is 0.847. The van der Waals surface area contributed by atoms with E-state index in [-0.39, 0.29) is 5.56 Å². The van der Waals surface area contributed by atoms with Crippen LogP contribution in [0.3, 0.4) is 0 Å². The first-order valence-electron chi connectivity index (χ1n) is 8.50. The van der Waals surface area contributed by atoms with Crippen LogP contribution in [0.25, 0.3) is 5.65 Å². The first kappa shape index (κ1) is 14.8. The Bertz CT molecular complexity index is 760. The molecule has 0 amide bonds. The Labute approximate surface area is 135 Å². The first-order valence-corrected chi connectivity index (χ1v) is 8.50. The van der Waals surface area contributed by atoms with Gasteiger partial charge in [0.2, 0.25) is 0 Å². The van der Waals surface area contributed by atoms with E-state index < -0.39 is 0 Å². The number of pyridine rings is 1. The fourth-order valence-electron chi connectivity index (χ4n) is 3.44. The zero-order valence-corrected chi connectivity index (χ0v) is 13.6. The number of nitrogens with zero attached hydrogens (tertiary/aromatic N) is 3. The molecule has 0 N–H and O–H groups in total. The summed E-state index contributed by atoms with van der Waals surface area (Å²) in [6.45, 7) is 5.58. The minimum Gasteiger partial charge on any atom is -0.381 e. The third-order valence-corrected chi connectivity index (χ3v) is 4.88. The van der Waals surface area contributed by atoms with Crippen LogP contribution in [0.15, 0.2) is 29.2 Å². The molecule has 1 saturated carbocycles. The molecule has 23 heavy (non-hydrogen) atoms. The monoisotopic (exact) mass is 313 g/mol. The van der Waals surface area contributed by atoms with Crippen molar-refractivity contribution in [3.63, 3.8) is 0 Å². The Hall–Kier alpha value is -1.72. The van der Waals surface area contributed by atoms with Crippen LogP contribution in [0.4, 0.5) is 0 Å². The summed E-state index contributed by atoms with van der Waals surface area (Å²) < 4.78 is 7.14. The second kappa shape index (κ2) is 6.06. The van der Waals surface area contributed by atoms with E-state index in [9.17, 15) is 4.79 Å². The molecule has 2 fully saturated rings. The maximum Gasteiger partial charge on any atom is 0.258 e. The van der Waals surface area contributed by atoms with Gasteiger partial charge in [0.05, 0.1) is 12.3 Å². The molecule has 0 radical (unpaired) electrons. The summed E-state index contributed by atoms with van der Waals surface area (Å²) in [5.74, 6) is 0.624. The highest BCUT2D eigenvalue weighted by Crippen LogP contribution is 2.30. The van der Waals surface area contributed by atoms with Crippen LogP contribution in [0.1, 0.15) is 30.5 Å². The largest absolute Gasteiger partial charge is 0.381 e. The van der Waals surface area contributed by atoms with Gasteiger partial charge in [-0.15, -0.1) is 0 Å². The van der Waals surface area contributed by atoms with Gasteiger partial charge in [-0.2, -0.15) is 0 Å². The molecule has 2 aromatic heterocycles. The fourth-order valence-corrected chi connectivity index (χ4v) is 3.44. The minimum atomic E-state index is 0.00801. The molecule has 2 aliphatic rings. The molecule has 0 bridgehead atoms. The molecule has 1 aliphatic carbocycles. The SMILES string of the molecule is Cc1cccn2c(=O)cc(CN(CC3CCOC3)C3CC3)nc12. The second-order valence-electron chi connectivity index (χ2n) is 6.86. The second-order valence-corrected chi connectivity index (χ2v) is 6.86. The molecule has 5 nitrogen and oxygen atoms in total. The normalized spacial score (nSPS) is 21.4. The van der Waals surface area contributed by atoms with Crippen molar-refractivity contribution in [1.29, 1.82) is 0 Å². The molecule has 0 aromatic carbocycles. The van der Waals surface area contributed by atoms with Crippen LogP contribution in [0.2, 0.25) is 0 Å². The summed E-state index contributed by atoms with van der Waals surface area (Å²) in [6, 6.07) is 6.24. The first-order chi connectivity index (χ1) is 11.2. The van der Waals surface area contributed by atoms with Gasteiger partial charge < -0.3 is 4.74 Å². The van der Waals surface area contributed by atoms with Crippen LogP contribution in [0.5, 0.6) is 0 Å². The van der Waals surface area contributed by atoms with Gasteiger partial charge in [0.15, 0.2) is 0 Å². The average Bonchev–Trinajstić information content (AvgIpc) is 3.26. The van der Waals surface area contributed by atoms with Gasteiger partial charge >= 0.3 is 0 Å². The number of aryl methyl sites for hydroxylation is 1.